The van der Waals surface area contributed by atoms with Crippen LogP contribution in [0.1, 0.15) is 11.4 Å². The second-order valence-corrected chi connectivity index (χ2v) is 5.30. The molecule has 0 amide bonds. The summed E-state index contributed by atoms with van der Waals surface area (Å²) >= 11 is 3.45. The Morgan fingerprint density at radius 1 is 1.19 bits per heavy atom. The first-order valence-corrected chi connectivity index (χ1v) is 6.97. The molecular weight excluding hydrogens is 339 g/mol. The maximum atomic E-state index is 13.2. The Balaban J connectivity index is 1.90. The molecule has 0 aliphatic heterocycles. The average molecular weight is 349 g/mol. The molecule has 6 heteroatoms. The van der Waals surface area contributed by atoms with Crippen LogP contribution in [0, 0.1) is 5.82 Å². The molecule has 1 heterocycles. The number of hydrogen-bond donors (Lipinski definition) is 1. The molecule has 0 unspecified atom stereocenters. The summed E-state index contributed by atoms with van der Waals surface area (Å²) in [7, 11) is 0. The average Bonchev–Trinajstić information content (AvgIpc) is 2.92. The van der Waals surface area contributed by atoms with Gasteiger partial charge in [-0.25, -0.2) is 4.39 Å². The van der Waals surface area contributed by atoms with Gasteiger partial charge in [0.2, 0.25) is 0 Å². The Hall–Kier alpha value is -2.21. The second kappa shape index (κ2) is 5.65. The van der Waals surface area contributed by atoms with Crippen molar-refractivity contribution in [2.45, 2.75) is 6.42 Å². The maximum absolute atomic E-state index is 13.2. The molecule has 106 valence electrons. The van der Waals surface area contributed by atoms with E-state index in [0.29, 0.717) is 12.2 Å². The summed E-state index contributed by atoms with van der Waals surface area (Å²) in [5, 5.41) is 13.6. The van der Waals surface area contributed by atoms with Gasteiger partial charge in [-0.1, -0.05) is 39.3 Å². The van der Waals surface area contributed by atoms with Crippen molar-refractivity contribution in [1.82, 2.24) is 10.1 Å². The van der Waals surface area contributed by atoms with Gasteiger partial charge in [0.15, 0.2) is 5.82 Å². The van der Waals surface area contributed by atoms with Crippen LogP contribution >= 0.6 is 15.9 Å². The molecular formula is C15H10BrFN2O2. The molecule has 0 spiro atoms. The number of phenolic OH excluding ortho intramolecular Hbond substituents is 1. The van der Waals surface area contributed by atoms with Crippen molar-refractivity contribution >= 4 is 15.9 Å². The van der Waals surface area contributed by atoms with E-state index in [4.69, 9.17) is 4.52 Å². The molecule has 0 saturated heterocycles. The zero-order chi connectivity index (χ0) is 14.8. The Labute approximate surface area is 128 Å². The smallest absolute Gasteiger partial charge is 0.261 e. The van der Waals surface area contributed by atoms with E-state index in [0.717, 1.165) is 22.2 Å². The fraction of sp³-hybridized carbons (Fsp3) is 0.0667. The molecule has 1 aromatic heterocycles. The highest BCUT2D eigenvalue weighted by Gasteiger charge is 2.14. The van der Waals surface area contributed by atoms with Gasteiger partial charge >= 0.3 is 0 Å². The van der Waals surface area contributed by atoms with Crippen LogP contribution in [0.5, 0.6) is 5.75 Å². The predicted molar refractivity (Wildman–Crippen MR) is 78.3 cm³/mol. The highest BCUT2D eigenvalue weighted by Crippen LogP contribution is 2.28. The molecule has 0 saturated carbocycles. The molecule has 21 heavy (non-hydrogen) atoms. The number of halogens is 2. The summed E-state index contributed by atoms with van der Waals surface area (Å²) in [6.45, 7) is 0. The van der Waals surface area contributed by atoms with Gasteiger partial charge in [-0.15, -0.1) is 0 Å². The third-order valence-electron chi connectivity index (χ3n) is 2.96. The minimum absolute atomic E-state index is 0.0917. The minimum Gasteiger partial charge on any atom is -0.507 e. The van der Waals surface area contributed by atoms with Crippen molar-refractivity contribution in [3.05, 3.63) is 64.1 Å². The van der Waals surface area contributed by atoms with E-state index in [-0.39, 0.29) is 17.2 Å². The zero-order valence-corrected chi connectivity index (χ0v) is 12.3. The molecule has 4 nitrogen and oxygen atoms in total. The van der Waals surface area contributed by atoms with Gasteiger partial charge in [-0.2, -0.15) is 4.98 Å². The van der Waals surface area contributed by atoms with Gasteiger partial charge in [-0.05, 0) is 29.8 Å². The van der Waals surface area contributed by atoms with Crippen LogP contribution < -0.4 is 0 Å². The topological polar surface area (TPSA) is 59.2 Å². The first-order chi connectivity index (χ1) is 10.1. The normalized spacial score (nSPS) is 10.8. The molecule has 3 aromatic rings. The molecule has 0 bridgehead atoms. The number of aromatic nitrogens is 2. The summed E-state index contributed by atoms with van der Waals surface area (Å²) in [5.74, 6) is -0.0320. The van der Waals surface area contributed by atoms with Gasteiger partial charge in [0.05, 0.1) is 5.56 Å². The maximum Gasteiger partial charge on any atom is 0.261 e. The van der Waals surface area contributed by atoms with Crippen molar-refractivity contribution in [3.63, 3.8) is 0 Å². The third-order valence-corrected chi connectivity index (χ3v) is 3.74. The Morgan fingerprint density at radius 2 is 2.00 bits per heavy atom. The van der Waals surface area contributed by atoms with Gasteiger partial charge < -0.3 is 9.63 Å². The number of phenols is 1. The molecule has 0 aliphatic rings. The number of aromatic hydroxyl groups is 1. The van der Waals surface area contributed by atoms with E-state index in [2.05, 4.69) is 26.1 Å². The second-order valence-electron chi connectivity index (χ2n) is 4.45. The number of benzene rings is 2. The zero-order valence-electron chi connectivity index (χ0n) is 10.8. The summed E-state index contributed by atoms with van der Waals surface area (Å²) < 4.78 is 19.3. The number of nitrogens with zero attached hydrogens (tertiary/aromatic N) is 2. The van der Waals surface area contributed by atoms with Crippen LogP contribution in [0.3, 0.4) is 0 Å². The lowest BCUT2D eigenvalue weighted by atomic mass is 10.1. The van der Waals surface area contributed by atoms with E-state index in [1.54, 1.807) is 0 Å². The van der Waals surface area contributed by atoms with Crippen molar-refractivity contribution in [2.75, 3.05) is 0 Å². The Bertz CT molecular complexity index is 789. The van der Waals surface area contributed by atoms with Gasteiger partial charge in [0.1, 0.15) is 11.6 Å². The summed E-state index contributed by atoms with van der Waals surface area (Å²) in [4.78, 5) is 4.19. The molecule has 1 N–H and O–H groups in total. The van der Waals surface area contributed by atoms with Crippen LogP contribution in [0.4, 0.5) is 4.39 Å². The fourth-order valence-electron chi connectivity index (χ4n) is 1.93. The van der Waals surface area contributed by atoms with Crippen LogP contribution in [0.15, 0.2) is 51.5 Å². The van der Waals surface area contributed by atoms with Crippen molar-refractivity contribution < 1.29 is 14.0 Å². The summed E-state index contributed by atoms with van der Waals surface area (Å²) in [6.07, 6.45) is 0.473. The van der Waals surface area contributed by atoms with E-state index in [9.17, 15) is 9.50 Å². The Kier molecular flexibility index (Phi) is 3.70. The number of rotatable bonds is 3. The van der Waals surface area contributed by atoms with Crippen LogP contribution in [0.25, 0.3) is 11.5 Å². The molecule has 0 fully saturated rings. The number of hydrogen-bond acceptors (Lipinski definition) is 4. The summed E-state index contributed by atoms with van der Waals surface area (Å²) in [5.41, 5.74) is 1.19. The van der Waals surface area contributed by atoms with Gasteiger partial charge in [-0.3, -0.25) is 0 Å². The Morgan fingerprint density at radius 3 is 2.81 bits per heavy atom. The van der Waals surface area contributed by atoms with Crippen LogP contribution in [0.2, 0.25) is 0 Å². The van der Waals surface area contributed by atoms with Crippen LogP contribution in [-0.4, -0.2) is 15.2 Å². The van der Waals surface area contributed by atoms with Gasteiger partial charge in [0.25, 0.3) is 5.89 Å². The highest BCUT2D eigenvalue weighted by molar-refractivity contribution is 9.10. The lowest BCUT2D eigenvalue weighted by molar-refractivity contribution is 0.418. The quantitative estimate of drug-likeness (QED) is 0.778. The molecule has 3 rings (SSSR count). The highest BCUT2D eigenvalue weighted by atomic mass is 79.9. The van der Waals surface area contributed by atoms with Gasteiger partial charge in [0, 0.05) is 10.9 Å². The molecule has 2 aromatic carbocycles. The van der Waals surface area contributed by atoms with Crippen LogP contribution in [-0.2, 0) is 6.42 Å². The molecule has 0 aliphatic carbocycles. The molecule has 0 atom stereocenters. The predicted octanol–water partition coefficient (Wildman–Crippen LogP) is 3.93. The van der Waals surface area contributed by atoms with E-state index in [1.807, 2.05) is 24.3 Å². The van der Waals surface area contributed by atoms with Crippen molar-refractivity contribution in [3.8, 4) is 17.2 Å². The van der Waals surface area contributed by atoms with E-state index < -0.39 is 5.82 Å². The van der Waals surface area contributed by atoms with E-state index >= 15 is 0 Å². The lowest BCUT2D eigenvalue weighted by Crippen LogP contribution is -1.92. The summed E-state index contributed by atoms with van der Waals surface area (Å²) in [6, 6.07) is 11.3. The largest absolute Gasteiger partial charge is 0.507 e. The first kappa shape index (κ1) is 13.8. The standard InChI is InChI=1S/C15H10BrFN2O2/c16-12-4-2-1-3-9(12)7-14-18-15(21-19-14)11-8-10(17)5-6-13(11)20/h1-6,8,20H,7H2. The monoisotopic (exact) mass is 348 g/mol. The van der Waals surface area contributed by atoms with E-state index in [1.165, 1.54) is 6.07 Å². The first-order valence-electron chi connectivity index (χ1n) is 6.18. The fourth-order valence-corrected chi connectivity index (χ4v) is 2.35. The lowest BCUT2D eigenvalue weighted by Gasteiger charge is -2.00. The van der Waals surface area contributed by atoms with Crippen molar-refractivity contribution in [1.29, 1.82) is 0 Å². The minimum atomic E-state index is -0.478. The molecule has 0 radical (unpaired) electrons. The third kappa shape index (κ3) is 2.95. The van der Waals surface area contributed by atoms with Crippen molar-refractivity contribution in [2.24, 2.45) is 0 Å². The SMILES string of the molecule is Oc1ccc(F)cc1-c1nc(Cc2ccccc2Br)no1.